The van der Waals surface area contributed by atoms with Gasteiger partial charge in [0.25, 0.3) is 5.91 Å². The van der Waals surface area contributed by atoms with Crippen molar-refractivity contribution in [3.8, 4) is 0 Å². The fourth-order valence-electron chi connectivity index (χ4n) is 2.03. The Balaban J connectivity index is 2.26. The quantitative estimate of drug-likeness (QED) is 0.868. The smallest absolute Gasteiger partial charge is 0.327 e. The lowest BCUT2D eigenvalue weighted by Gasteiger charge is -2.32. The lowest BCUT2D eigenvalue weighted by atomic mass is 10.2. The van der Waals surface area contributed by atoms with Crippen LogP contribution in [0.25, 0.3) is 0 Å². The number of thioether (sulfide) groups is 1. The molecule has 0 aromatic carbocycles. The van der Waals surface area contributed by atoms with Crippen LogP contribution in [0.15, 0.2) is 12.1 Å². The van der Waals surface area contributed by atoms with E-state index in [9.17, 15) is 9.59 Å². The predicted molar refractivity (Wildman–Crippen MR) is 69.9 cm³/mol. The third-order valence-electron chi connectivity index (χ3n) is 3.27. The maximum atomic E-state index is 12.4. The van der Waals surface area contributed by atoms with Gasteiger partial charge in [0.15, 0.2) is 0 Å². The molecule has 1 fully saturated rings. The molecule has 1 N–H and O–H groups in total. The molecule has 0 bridgehead atoms. The zero-order chi connectivity index (χ0) is 13.3. The van der Waals surface area contributed by atoms with Crippen molar-refractivity contribution < 1.29 is 14.7 Å². The molecular formula is C12H16N2O3S. The van der Waals surface area contributed by atoms with Crippen LogP contribution in [0.4, 0.5) is 0 Å². The Morgan fingerprint density at radius 1 is 1.44 bits per heavy atom. The van der Waals surface area contributed by atoms with Crippen molar-refractivity contribution in [1.29, 1.82) is 0 Å². The van der Waals surface area contributed by atoms with Crippen molar-refractivity contribution in [3.63, 3.8) is 0 Å². The summed E-state index contributed by atoms with van der Waals surface area (Å²) >= 11 is 1.58. The van der Waals surface area contributed by atoms with Crippen molar-refractivity contribution >= 4 is 23.6 Å². The topological polar surface area (TPSA) is 62.5 Å². The number of nitrogens with zero attached hydrogens (tertiary/aromatic N) is 2. The molecule has 1 unspecified atom stereocenters. The van der Waals surface area contributed by atoms with Crippen molar-refractivity contribution in [2.24, 2.45) is 7.05 Å². The van der Waals surface area contributed by atoms with Gasteiger partial charge in [-0.25, -0.2) is 4.79 Å². The van der Waals surface area contributed by atoms with Gasteiger partial charge in [0.1, 0.15) is 11.7 Å². The molecule has 1 saturated heterocycles. The fraction of sp³-hybridized carbons (Fsp3) is 0.500. The Kier molecular flexibility index (Phi) is 3.65. The number of hydrogen-bond acceptors (Lipinski definition) is 3. The van der Waals surface area contributed by atoms with Gasteiger partial charge >= 0.3 is 5.97 Å². The number of carboxylic acid groups (broad SMARTS) is 1. The Morgan fingerprint density at radius 2 is 2.17 bits per heavy atom. The van der Waals surface area contributed by atoms with Gasteiger partial charge in [-0.2, -0.15) is 11.8 Å². The van der Waals surface area contributed by atoms with Gasteiger partial charge in [-0.15, -0.1) is 0 Å². The lowest BCUT2D eigenvalue weighted by molar-refractivity contribution is -0.141. The van der Waals surface area contributed by atoms with Crippen LogP contribution in [-0.4, -0.2) is 50.5 Å². The molecule has 5 nitrogen and oxygen atoms in total. The molecule has 0 aliphatic carbocycles. The number of aliphatic carboxylic acids is 1. The average molecular weight is 268 g/mol. The SMILES string of the molecule is Cc1ccc(C(=O)N2CCSCC2C(=O)O)n1C. The number of rotatable bonds is 2. The van der Waals surface area contributed by atoms with Gasteiger partial charge in [-0.3, -0.25) is 4.79 Å². The van der Waals surface area contributed by atoms with Crippen LogP contribution in [-0.2, 0) is 11.8 Å². The van der Waals surface area contributed by atoms with Gasteiger partial charge in [0.2, 0.25) is 0 Å². The highest BCUT2D eigenvalue weighted by molar-refractivity contribution is 7.99. The molecule has 1 aromatic heterocycles. The average Bonchev–Trinajstić information content (AvgIpc) is 2.69. The standard InChI is InChI=1S/C12H16N2O3S/c1-8-3-4-9(13(8)2)11(15)14-5-6-18-7-10(14)12(16)17/h3-4,10H,5-7H2,1-2H3,(H,16,17). The van der Waals surface area contributed by atoms with E-state index in [1.807, 2.05) is 20.0 Å². The normalized spacial score (nSPS) is 19.9. The maximum absolute atomic E-state index is 12.4. The van der Waals surface area contributed by atoms with E-state index in [1.54, 1.807) is 22.4 Å². The van der Waals surface area contributed by atoms with Crippen molar-refractivity contribution in [3.05, 3.63) is 23.5 Å². The largest absolute Gasteiger partial charge is 0.480 e. The summed E-state index contributed by atoms with van der Waals surface area (Å²) in [5, 5.41) is 9.16. The highest BCUT2D eigenvalue weighted by atomic mass is 32.2. The van der Waals surface area contributed by atoms with Crippen LogP contribution < -0.4 is 0 Å². The second kappa shape index (κ2) is 5.06. The summed E-state index contributed by atoms with van der Waals surface area (Å²) in [7, 11) is 1.82. The maximum Gasteiger partial charge on any atom is 0.327 e. The molecule has 1 amide bonds. The monoisotopic (exact) mass is 268 g/mol. The molecular weight excluding hydrogens is 252 g/mol. The zero-order valence-corrected chi connectivity index (χ0v) is 11.2. The van der Waals surface area contributed by atoms with Crippen LogP contribution >= 0.6 is 11.8 Å². The highest BCUT2D eigenvalue weighted by Gasteiger charge is 2.33. The van der Waals surface area contributed by atoms with Gasteiger partial charge in [-0.1, -0.05) is 0 Å². The molecule has 1 atom stereocenters. The third-order valence-corrected chi connectivity index (χ3v) is 4.29. The number of carboxylic acids is 1. The van der Waals surface area contributed by atoms with E-state index in [0.29, 0.717) is 18.0 Å². The summed E-state index contributed by atoms with van der Waals surface area (Å²) in [4.78, 5) is 25.0. The Morgan fingerprint density at radius 3 is 2.72 bits per heavy atom. The first-order chi connectivity index (χ1) is 8.52. The Hall–Kier alpha value is -1.43. The summed E-state index contributed by atoms with van der Waals surface area (Å²) < 4.78 is 1.79. The highest BCUT2D eigenvalue weighted by Crippen LogP contribution is 2.20. The van der Waals surface area contributed by atoms with E-state index in [0.717, 1.165) is 11.4 Å². The first-order valence-corrected chi connectivity index (χ1v) is 6.91. The fourth-order valence-corrected chi connectivity index (χ4v) is 3.06. The van der Waals surface area contributed by atoms with Crippen LogP contribution in [0.1, 0.15) is 16.2 Å². The molecule has 0 spiro atoms. The Bertz CT molecular complexity index is 484. The molecule has 1 aromatic rings. The second-order valence-corrected chi connectivity index (χ2v) is 5.50. The van der Waals surface area contributed by atoms with Crippen LogP contribution in [0, 0.1) is 6.92 Å². The molecule has 1 aliphatic heterocycles. The minimum absolute atomic E-state index is 0.196. The van der Waals surface area contributed by atoms with Gasteiger partial charge in [0.05, 0.1) is 0 Å². The van der Waals surface area contributed by atoms with E-state index >= 15 is 0 Å². The molecule has 98 valence electrons. The summed E-state index contributed by atoms with van der Waals surface area (Å²) in [5.41, 5.74) is 1.53. The number of carbonyl (C=O) groups excluding carboxylic acids is 1. The molecule has 0 saturated carbocycles. The van der Waals surface area contributed by atoms with Gasteiger partial charge < -0.3 is 14.6 Å². The van der Waals surface area contributed by atoms with E-state index in [1.165, 1.54) is 4.90 Å². The zero-order valence-electron chi connectivity index (χ0n) is 10.4. The number of carbonyl (C=O) groups is 2. The molecule has 0 radical (unpaired) electrons. The minimum atomic E-state index is -0.929. The number of aryl methyl sites for hydroxylation is 1. The van der Waals surface area contributed by atoms with Crippen molar-refractivity contribution in [2.75, 3.05) is 18.1 Å². The van der Waals surface area contributed by atoms with Crippen LogP contribution in [0.5, 0.6) is 0 Å². The van der Waals surface area contributed by atoms with E-state index < -0.39 is 12.0 Å². The van der Waals surface area contributed by atoms with Crippen molar-refractivity contribution in [2.45, 2.75) is 13.0 Å². The predicted octanol–water partition coefficient (Wildman–Crippen LogP) is 0.976. The molecule has 18 heavy (non-hydrogen) atoms. The first-order valence-electron chi connectivity index (χ1n) is 5.76. The lowest BCUT2D eigenvalue weighted by Crippen LogP contribution is -2.50. The van der Waals surface area contributed by atoms with Crippen LogP contribution in [0.3, 0.4) is 0 Å². The Labute approximate surface area is 110 Å². The van der Waals surface area contributed by atoms with Crippen molar-refractivity contribution in [1.82, 2.24) is 9.47 Å². The van der Waals surface area contributed by atoms with Crippen LogP contribution in [0.2, 0.25) is 0 Å². The number of amides is 1. The van der Waals surface area contributed by atoms with E-state index in [-0.39, 0.29) is 5.91 Å². The summed E-state index contributed by atoms with van der Waals surface area (Å²) in [6, 6.07) is 2.89. The summed E-state index contributed by atoms with van der Waals surface area (Å²) in [6.07, 6.45) is 0. The summed E-state index contributed by atoms with van der Waals surface area (Å²) in [6.45, 7) is 2.40. The minimum Gasteiger partial charge on any atom is -0.480 e. The molecule has 1 aliphatic rings. The molecule has 2 heterocycles. The molecule has 2 rings (SSSR count). The van der Waals surface area contributed by atoms with E-state index in [2.05, 4.69) is 0 Å². The van der Waals surface area contributed by atoms with Gasteiger partial charge in [0, 0.05) is 30.8 Å². The second-order valence-electron chi connectivity index (χ2n) is 4.35. The first kappa shape index (κ1) is 13.0. The number of aromatic nitrogens is 1. The van der Waals surface area contributed by atoms with E-state index in [4.69, 9.17) is 5.11 Å². The number of hydrogen-bond donors (Lipinski definition) is 1. The molecule has 6 heteroatoms. The van der Waals surface area contributed by atoms with Gasteiger partial charge in [-0.05, 0) is 19.1 Å². The summed E-state index contributed by atoms with van der Waals surface area (Å²) in [5.74, 6) is 0.128. The third kappa shape index (κ3) is 2.25.